The number of likely N-dealkylation sites (tertiary alicyclic amines) is 1. The molecule has 1 fully saturated rings. The van der Waals surface area contributed by atoms with Gasteiger partial charge in [-0.3, -0.25) is 0 Å². The van der Waals surface area contributed by atoms with E-state index in [0.717, 1.165) is 6.42 Å². The number of carboxylic acid groups (broad SMARTS) is 1. The second-order valence-corrected chi connectivity index (χ2v) is 5.82. The maximum atomic E-state index is 12.1. The van der Waals surface area contributed by atoms with E-state index in [1.807, 2.05) is 13.2 Å². The number of aliphatic hydroxyl groups excluding tert-OH is 1. The van der Waals surface area contributed by atoms with Crippen LogP contribution in [-0.4, -0.2) is 64.4 Å². The number of amides is 2. The standard InChI is InChI=1S/C12H22N2O4S/c1-8-3-5-14(10(8)7-15)12(18)13-9(11(16)17)4-6-19-2/h8-10,15H,3-7H2,1-2H3,(H,13,18)(H,16,17)/t8?,9-,10?/m0/s1. The Morgan fingerprint density at radius 3 is 2.74 bits per heavy atom. The van der Waals surface area contributed by atoms with Gasteiger partial charge in [-0.1, -0.05) is 6.92 Å². The molecule has 0 spiro atoms. The summed E-state index contributed by atoms with van der Waals surface area (Å²) in [5, 5.41) is 20.9. The highest BCUT2D eigenvalue weighted by molar-refractivity contribution is 7.98. The predicted molar refractivity (Wildman–Crippen MR) is 74.3 cm³/mol. The van der Waals surface area contributed by atoms with Crippen molar-refractivity contribution < 1.29 is 19.8 Å². The fraction of sp³-hybridized carbons (Fsp3) is 0.833. The summed E-state index contributed by atoms with van der Waals surface area (Å²) in [6.45, 7) is 2.46. The minimum Gasteiger partial charge on any atom is -0.480 e. The zero-order chi connectivity index (χ0) is 14.4. The van der Waals surface area contributed by atoms with Crippen LogP contribution in [0.4, 0.5) is 4.79 Å². The maximum Gasteiger partial charge on any atom is 0.326 e. The molecule has 2 amide bonds. The van der Waals surface area contributed by atoms with Gasteiger partial charge in [0.25, 0.3) is 0 Å². The van der Waals surface area contributed by atoms with Gasteiger partial charge in [0.2, 0.25) is 0 Å². The third kappa shape index (κ3) is 4.28. The van der Waals surface area contributed by atoms with E-state index >= 15 is 0 Å². The molecule has 2 unspecified atom stereocenters. The zero-order valence-corrected chi connectivity index (χ0v) is 12.2. The summed E-state index contributed by atoms with van der Waals surface area (Å²) in [6.07, 6.45) is 3.13. The third-order valence-corrected chi connectivity index (χ3v) is 4.18. The van der Waals surface area contributed by atoms with Gasteiger partial charge in [0, 0.05) is 6.54 Å². The van der Waals surface area contributed by atoms with Gasteiger partial charge in [0.05, 0.1) is 12.6 Å². The highest BCUT2D eigenvalue weighted by atomic mass is 32.2. The Morgan fingerprint density at radius 1 is 1.53 bits per heavy atom. The van der Waals surface area contributed by atoms with Gasteiger partial charge in [-0.05, 0) is 30.8 Å². The second kappa shape index (κ2) is 7.59. The fourth-order valence-electron chi connectivity index (χ4n) is 2.26. The highest BCUT2D eigenvalue weighted by Gasteiger charge is 2.35. The average Bonchev–Trinajstić information content (AvgIpc) is 2.74. The van der Waals surface area contributed by atoms with Crippen LogP contribution in [-0.2, 0) is 4.79 Å². The SMILES string of the molecule is CSCC[C@H](NC(=O)N1CCC(C)C1CO)C(=O)O. The monoisotopic (exact) mass is 290 g/mol. The topological polar surface area (TPSA) is 89.9 Å². The van der Waals surface area contributed by atoms with Crippen molar-refractivity contribution in [3.63, 3.8) is 0 Å². The van der Waals surface area contributed by atoms with Crippen molar-refractivity contribution in [2.75, 3.05) is 25.2 Å². The van der Waals surface area contributed by atoms with E-state index in [0.29, 0.717) is 18.7 Å². The Hall–Kier alpha value is -0.950. The lowest BCUT2D eigenvalue weighted by molar-refractivity contribution is -0.139. The zero-order valence-electron chi connectivity index (χ0n) is 11.3. The molecule has 1 aliphatic heterocycles. The lowest BCUT2D eigenvalue weighted by Crippen LogP contribution is -2.51. The van der Waals surface area contributed by atoms with Gasteiger partial charge in [-0.25, -0.2) is 9.59 Å². The smallest absolute Gasteiger partial charge is 0.326 e. The quantitative estimate of drug-likeness (QED) is 0.666. The van der Waals surface area contributed by atoms with Crippen LogP contribution in [0.25, 0.3) is 0 Å². The molecule has 6 nitrogen and oxygen atoms in total. The van der Waals surface area contributed by atoms with E-state index in [-0.39, 0.29) is 18.6 Å². The number of urea groups is 1. The van der Waals surface area contributed by atoms with Crippen LogP contribution in [0.5, 0.6) is 0 Å². The molecule has 0 aliphatic carbocycles. The Balaban J connectivity index is 2.59. The van der Waals surface area contributed by atoms with Crippen LogP contribution >= 0.6 is 11.8 Å². The van der Waals surface area contributed by atoms with Gasteiger partial charge >= 0.3 is 12.0 Å². The van der Waals surface area contributed by atoms with Crippen molar-refractivity contribution in [2.24, 2.45) is 5.92 Å². The van der Waals surface area contributed by atoms with Crippen LogP contribution in [0.2, 0.25) is 0 Å². The summed E-state index contributed by atoms with van der Waals surface area (Å²) < 4.78 is 0. The Labute approximate surface area is 117 Å². The fourth-order valence-corrected chi connectivity index (χ4v) is 2.74. The molecule has 0 aromatic rings. The van der Waals surface area contributed by atoms with Gasteiger partial charge in [-0.2, -0.15) is 11.8 Å². The van der Waals surface area contributed by atoms with Crippen LogP contribution in [0.15, 0.2) is 0 Å². The number of hydrogen-bond acceptors (Lipinski definition) is 4. The van der Waals surface area contributed by atoms with Crippen molar-refractivity contribution in [1.29, 1.82) is 0 Å². The summed E-state index contributed by atoms with van der Waals surface area (Å²) in [5.41, 5.74) is 0. The minimum absolute atomic E-state index is 0.0862. The number of carboxylic acids is 1. The molecule has 1 saturated heterocycles. The van der Waals surface area contributed by atoms with Gasteiger partial charge in [-0.15, -0.1) is 0 Å². The number of thioether (sulfide) groups is 1. The van der Waals surface area contributed by atoms with Crippen LogP contribution in [0.1, 0.15) is 19.8 Å². The molecule has 0 bridgehead atoms. The first-order valence-electron chi connectivity index (χ1n) is 6.41. The molecule has 3 atom stereocenters. The first-order chi connectivity index (χ1) is 9.01. The molecular formula is C12H22N2O4S. The van der Waals surface area contributed by atoms with E-state index in [9.17, 15) is 14.7 Å². The van der Waals surface area contributed by atoms with Gasteiger partial charge in [0.15, 0.2) is 0 Å². The number of carbonyl (C=O) groups excluding carboxylic acids is 1. The first kappa shape index (κ1) is 16.1. The molecule has 110 valence electrons. The molecule has 0 aromatic carbocycles. The highest BCUT2D eigenvalue weighted by Crippen LogP contribution is 2.23. The summed E-state index contributed by atoms with van der Waals surface area (Å²) in [5.74, 6) is -0.0997. The molecule has 1 heterocycles. The largest absolute Gasteiger partial charge is 0.480 e. The summed E-state index contributed by atoms with van der Waals surface area (Å²) >= 11 is 1.54. The Kier molecular flexibility index (Phi) is 6.44. The average molecular weight is 290 g/mol. The van der Waals surface area contributed by atoms with Crippen LogP contribution in [0.3, 0.4) is 0 Å². The lowest BCUT2D eigenvalue weighted by atomic mass is 10.0. The van der Waals surface area contributed by atoms with Crippen molar-refractivity contribution in [3.05, 3.63) is 0 Å². The van der Waals surface area contributed by atoms with E-state index in [2.05, 4.69) is 5.32 Å². The lowest BCUT2D eigenvalue weighted by Gasteiger charge is -2.27. The molecule has 3 N–H and O–H groups in total. The number of carbonyl (C=O) groups is 2. The summed E-state index contributed by atoms with van der Waals surface area (Å²) in [6, 6.07) is -1.47. The number of aliphatic hydroxyl groups is 1. The summed E-state index contributed by atoms with van der Waals surface area (Å²) in [4.78, 5) is 24.7. The van der Waals surface area contributed by atoms with E-state index in [1.54, 1.807) is 16.7 Å². The molecule has 0 radical (unpaired) electrons. The molecule has 1 rings (SSSR count). The second-order valence-electron chi connectivity index (χ2n) is 4.83. The van der Waals surface area contributed by atoms with E-state index in [1.165, 1.54) is 0 Å². The van der Waals surface area contributed by atoms with Crippen LogP contribution in [0, 0.1) is 5.92 Å². The first-order valence-corrected chi connectivity index (χ1v) is 7.80. The van der Waals surface area contributed by atoms with Crippen molar-refractivity contribution in [1.82, 2.24) is 10.2 Å². The van der Waals surface area contributed by atoms with Crippen molar-refractivity contribution in [3.8, 4) is 0 Å². The normalized spacial score (nSPS) is 24.3. The summed E-state index contributed by atoms with van der Waals surface area (Å²) in [7, 11) is 0. The molecule has 1 aliphatic rings. The predicted octanol–water partition coefficient (Wildman–Crippen LogP) is 0.605. The van der Waals surface area contributed by atoms with Crippen molar-refractivity contribution >= 4 is 23.8 Å². The van der Waals surface area contributed by atoms with Crippen LogP contribution < -0.4 is 5.32 Å². The minimum atomic E-state index is -1.02. The number of hydrogen-bond donors (Lipinski definition) is 3. The number of nitrogens with zero attached hydrogens (tertiary/aromatic N) is 1. The third-order valence-electron chi connectivity index (χ3n) is 3.54. The number of rotatable bonds is 6. The van der Waals surface area contributed by atoms with Gasteiger partial charge < -0.3 is 20.4 Å². The molecule has 19 heavy (non-hydrogen) atoms. The Bertz CT molecular complexity index is 327. The Morgan fingerprint density at radius 2 is 2.21 bits per heavy atom. The van der Waals surface area contributed by atoms with Gasteiger partial charge in [0.1, 0.15) is 6.04 Å². The number of nitrogens with one attached hydrogen (secondary N) is 1. The van der Waals surface area contributed by atoms with E-state index < -0.39 is 18.0 Å². The van der Waals surface area contributed by atoms with Crippen molar-refractivity contribution in [2.45, 2.75) is 31.8 Å². The van der Waals surface area contributed by atoms with E-state index in [4.69, 9.17) is 5.11 Å². The molecule has 0 saturated carbocycles. The molecule has 0 aromatic heterocycles. The molecular weight excluding hydrogens is 268 g/mol. The number of aliphatic carboxylic acids is 1. The maximum absolute atomic E-state index is 12.1. The molecule has 7 heteroatoms.